The van der Waals surface area contributed by atoms with E-state index >= 15 is 0 Å². The molecule has 0 heterocycles. The number of ketones is 1. The predicted octanol–water partition coefficient (Wildman–Crippen LogP) is -0.596. The van der Waals surface area contributed by atoms with Gasteiger partial charge in [-0.25, -0.2) is 0 Å². The molecule has 0 saturated carbocycles. The van der Waals surface area contributed by atoms with Gasteiger partial charge in [0.05, 0.1) is 12.0 Å². The largest absolute Gasteiger partial charge is 0.392 e. The Morgan fingerprint density at radius 1 is 1.28 bits per heavy atom. The first-order chi connectivity index (χ1) is 7.93. The molecule has 1 amide bonds. The van der Waals surface area contributed by atoms with Gasteiger partial charge < -0.3 is 15.9 Å². The minimum atomic E-state index is -2.00. The zero-order chi connectivity index (χ0) is 14.7. The summed E-state index contributed by atoms with van der Waals surface area (Å²) in [5, 5.41) is 19.7. The van der Waals surface area contributed by atoms with Crippen molar-refractivity contribution in [2.45, 2.75) is 45.8 Å². The molecule has 104 valence electrons. The maximum atomic E-state index is 11.3. The summed E-state index contributed by atoms with van der Waals surface area (Å²) in [6.07, 6.45) is -1.74. The van der Waals surface area contributed by atoms with Gasteiger partial charge in [-0.15, -0.1) is 0 Å². The highest BCUT2D eigenvalue weighted by molar-refractivity contribution is 6.28. The summed E-state index contributed by atoms with van der Waals surface area (Å²) in [6.45, 7) is 6.25. The molecule has 0 aliphatic carbocycles. The SMILES string of the molecule is CC(C)(C)C(C(N)=O)C(O)C[C@](C)(O)C(=O)C=O. The van der Waals surface area contributed by atoms with Crippen molar-refractivity contribution in [1.82, 2.24) is 0 Å². The molecule has 3 atom stereocenters. The van der Waals surface area contributed by atoms with E-state index in [9.17, 15) is 24.6 Å². The van der Waals surface area contributed by atoms with E-state index in [0.717, 1.165) is 6.92 Å². The lowest BCUT2D eigenvalue weighted by molar-refractivity contribution is -0.147. The summed E-state index contributed by atoms with van der Waals surface area (Å²) in [5.74, 6) is -2.69. The van der Waals surface area contributed by atoms with E-state index < -0.39 is 41.1 Å². The summed E-state index contributed by atoms with van der Waals surface area (Å²) in [5.41, 5.74) is 2.60. The maximum absolute atomic E-state index is 11.3. The van der Waals surface area contributed by atoms with E-state index in [1.54, 1.807) is 20.8 Å². The normalized spacial score (nSPS) is 18.6. The van der Waals surface area contributed by atoms with Crippen LogP contribution in [-0.2, 0) is 14.4 Å². The second-order valence-corrected chi connectivity index (χ2v) is 5.77. The van der Waals surface area contributed by atoms with Crippen LogP contribution in [0.5, 0.6) is 0 Å². The van der Waals surface area contributed by atoms with Crippen LogP contribution in [0.3, 0.4) is 0 Å². The number of rotatable bonds is 6. The Morgan fingerprint density at radius 2 is 1.72 bits per heavy atom. The van der Waals surface area contributed by atoms with Crippen LogP contribution in [0.15, 0.2) is 0 Å². The molecule has 0 aliphatic rings. The Hall–Kier alpha value is -1.27. The first kappa shape index (κ1) is 16.7. The number of carbonyl (C=O) groups excluding carboxylic acids is 3. The van der Waals surface area contributed by atoms with Crippen LogP contribution < -0.4 is 5.73 Å². The summed E-state index contributed by atoms with van der Waals surface area (Å²) in [6, 6.07) is 0. The molecule has 0 aromatic rings. The standard InChI is InChI=1S/C12H21NO5/c1-11(2,3)9(10(13)17)7(15)5-12(4,18)8(16)6-14/h6-7,9,15,18H,5H2,1-4H3,(H2,13,17)/t7?,9?,12-/m0/s1. The number of aliphatic hydroxyl groups excluding tert-OH is 1. The molecule has 0 bridgehead atoms. The number of nitrogens with two attached hydrogens (primary N) is 1. The quantitative estimate of drug-likeness (QED) is 0.435. The number of amides is 1. The highest BCUT2D eigenvalue weighted by atomic mass is 16.3. The second kappa shape index (κ2) is 5.58. The maximum Gasteiger partial charge on any atom is 0.226 e. The van der Waals surface area contributed by atoms with E-state index in [-0.39, 0.29) is 6.29 Å². The lowest BCUT2D eigenvalue weighted by Gasteiger charge is -2.34. The Morgan fingerprint density at radius 3 is 2.00 bits per heavy atom. The van der Waals surface area contributed by atoms with E-state index in [0.29, 0.717) is 0 Å². The van der Waals surface area contributed by atoms with Crippen molar-refractivity contribution in [1.29, 1.82) is 0 Å². The van der Waals surface area contributed by atoms with Crippen molar-refractivity contribution < 1.29 is 24.6 Å². The molecule has 0 aromatic carbocycles. The van der Waals surface area contributed by atoms with Gasteiger partial charge in [0.1, 0.15) is 5.60 Å². The van der Waals surface area contributed by atoms with Crippen LogP contribution in [0.1, 0.15) is 34.1 Å². The topological polar surface area (TPSA) is 118 Å². The van der Waals surface area contributed by atoms with Crippen LogP contribution >= 0.6 is 0 Å². The molecule has 18 heavy (non-hydrogen) atoms. The molecule has 6 nitrogen and oxygen atoms in total. The Bertz CT molecular complexity index is 343. The average molecular weight is 259 g/mol. The summed E-state index contributed by atoms with van der Waals surface area (Å²) in [7, 11) is 0. The van der Waals surface area contributed by atoms with Gasteiger partial charge in [0.15, 0.2) is 6.29 Å². The van der Waals surface area contributed by atoms with E-state index in [1.807, 2.05) is 0 Å². The highest BCUT2D eigenvalue weighted by Crippen LogP contribution is 2.32. The zero-order valence-corrected chi connectivity index (χ0v) is 11.1. The average Bonchev–Trinajstić information content (AvgIpc) is 2.11. The number of aliphatic hydroxyl groups is 2. The van der Waals surface area contributed by atoms with Crippen LogP contribution in [-0.4, -0.2) is 39.9 Å². The Kier molecular flexibility index (Phi) is 5.19. The van der Waals surface area contributed by atoms with E-state index in [4.69, 9.17) is 5.73 Å². The van der Waals surface area contributed by atoms with Crippen molar-refractivity contribution in [3.63, 3.8) is 0 Å². The Labute approximate surface area is 106 Å². The minimum Gasteiger partial charge on any atom is -0.392 e. The molecule has 0 saturated heterocycles. The lowest BCUT2D eigenvalue weighted by Crippen LogP contribution is -2.48. The third kappa shape index (κ3) is 4.19. The molecule has 0 rings (SSSR count). The number of hydrogen-bond acceptors (Lipinski definition) is 5. The Balaban J connectivity index is 5.04. The zero-order valence-electron chi connectivity index (χ0n) is 11.1. The van der Waals surface area contributed by atoms with Gasteiger partial charge >= 0.3 is 0 Å². The van der Waals surface area contributed by atoms with Gasteiger partial charge in [-0.1, -0.05) is 20.8 Å². The van der Waals surface area contributed by atoms with Gasteiger partial charge in [-0.05, 0) is 12.3 Å². The molecule has 0 aromatic heterocycles. The number of hydrogen-bond donors (Lipinski definition) is 3. The number of Topliss-reactive ketones (excluding diaryl/α,β-unsaturated/α-hetero) is 1. The van der Waals surface area contributed by atoms with Gasteiger partial charge in [-0.2, -0.15) is 0 Å². The summed E-state index contributed by atoms with van der Waals surface area (Å²) < 4.78 is 0. The second-order valence-electron chi connectivity index (χ2n) is 5.77. The van der Waals surface area contributed by atoms with Crippen LogP contribution in [0.4, 0.5) is 0 Å². The third-order valence-corrected chi connectivity index (χ3v) is 2.87. The fourth-order valence-corrected chi connectivity index (χ4v) is 1.95. The number of carbonyl (C=O) groups is 3. The van der Waals surface area contributed by atoms with Crippen molar-refractivity contribution in [2.75, 3.05) is 0 Å². The van der Waals surface area contributed by atoms with E-state index in [1.165, 1.54) is 0 Å². The monoisotopic (exact) mass is 259 g/mol. The molecular weight excluding hydrogens is 238 g/mol. The molecule has 0 fully saturated rings. The van der Waals surface area contributed by atoms with E-state index in [2.05, 4.69) is 0 Å². The van der Waals surface area contributed by atoms with Crippen molar-refractivity contribution >= 4 is 18.0 Å². The van der Waals surface area contributed by atoms with Crippen molar-refractivity contribution in [3.8, 4) is 0 Å². The first-order valence-electron chi connectivity index (χ1n) is 5.63. The minimum absolute atomic E-state index is 0.0108. The van der Waals surface area contributed by atoms with Gasteiger partial charge in [0.25, 0.3) is 0 Å². The van der Waals surface area contributed by atoms with Crippen LogP contribution in [0, 0.1) is 11.3 Å². The molecule has 2 unspecified atom stereocenters. The van der Waals surface area contributed by atoms with Crippen molar-refractivity contribution in [3.05, 3.63) is 0 Å². The smallest absolute Gasteiger partial charge is 0.226 e. The molecule has 0 radical (unpaired) electrons. The van der Waals surface area contributed by atoms with Crippen molar-refractivity contribution in [2.24, 2.45) is 17.1 Å². The third-order valence-electron chi connectivity index (χ3n) is 2.87. The fraction of sp³-hybridized carbons (Fsp3) is 0.750. The number of aldehydes is 1. The van der Waals surface area contributed by atoms with Crippen LogP contribution in [0.2, 0.25) is 0 Å². The first-order valence-corrected chi connectivity index (χ1v) is 5.63. The van der Waals surface area contributed by atoms with Gasteiger partial charge in [0, 0.05) is 6.42 Å². The molecular formula is C12H21NO5. The van der Waals surface area contributed by atoms with Gasteiger partial charge in [-0.3, -0.25) is 14.4 Å². The molecule has 0 spiro atoms. The number of primary amides is 1. The van der Waals surface area contributed by atoms with Gasteiger partial charge in [0.2, 0.25) is 11.7 Å². The summed E-state index contributed by atoms with van der Waals surface area (Å²) >= 11 is 0. The molecule has 0 aliphatic heterocycles. The molecule has 4 N–H and O–H groups in total. The van der Waals surface area contributed by atoms with Crippen LogP contribution in [0.25, 0.3) is 0 Å². The lowest BCUT2D eigenvalue weighted by atomic mass is 9.74. The highest BCUT2D eigenvalue weighted by Gasteiger charge is 2.41. The predicted molar refractivity (Wildman–Crippen MR) is 64.5 cm³/mol. The fourth-order valence-electron chi connectivity index (χ4n) is 1.95. The summed E-state index contributed by atoms with van der Waals surface area (Å²) in [4.78, 5) is 32.9. The molecule has 6 heteroatoms.